The second-order valence-electron chi connectivity index (χ2n) is 4.93. The number of anilines is 1. The van der Waals surface area contributed by atoms with E-state index in [4.69, 9.17) is 10.5 Å². The second-order valence-corrected chi connectivity index (χ2v) is 4.93. The third-order valence-electron chi connectivity index (χ3n) is 3.23. The zero-order valence-corrected chi connectivity index (χ0v) is 12.7. The molecule has 2 atom stereocenters. The van der Waals surface area contributed by atoms with Crippen LogP contribution in [0, 0.1) is 0 Å². The van der Waals surface area contributed by atoms with Crippen LogP contribution in [0.5, 0.6) is 0 Å². The molecule has 0 aromatic heterocycles. The number of benzene rings is 1. The molecule has 0 aliphatic carbocycles. The Morgan fingerprint density at radius 3 is 2.40 bits per heavy atom. The van der Waals surface area contributed by atoms with Gasteiger partial charge in [-0.15, -0.1) is 0 Å². The molecule has 5 heteroatoms. The number of likely N-dealkylation sites (N-methyl/N-ethyl adjacent to an activating group) is 1. The highest BCUT2D eigenvalue weighted by Crippen LogP contribution is 2.15. The quantitative estimate of drug-likeness (QED) is 0.841. The molecule has 0 saturated heterocycles. The molecule has 0 spiro atoms. The number of nitrogens with two attached hydrogens (primary N) is 1. The number of nitrogens with zero attached hydrogens (tertiary/aromatic N) is 1. The highest BCUT2D eigenvalue weighted by molar-refractivity contribution is 5.89. The van der Waals surface area contributed by atoms with Crippen molar-refractivity contribution in [1.82, 2.24) is 4.90 Å². The van der Waals surface area contributed by atoms with E-state index in [9.17, 15) is 4.79 Å². The number of methoxy groups -OCH3 is 1. The van der Waals surface area contributed by atoms with Gasteiger partial charge in [0.05, 0.1) is 12.6 Å². The number of carbonyl (C=O) groups excluding carboxylic acids is 1. The van der Waals surface area contributed by atoms with E-state index in [1.54, 1.807) is 12.0 Å². The smallest absolute Gasteiger partial charge is 0.322 e. The molecule has 1 aromatic carbocycles. The number of hydrogen-bond donors (Lipinski definition) is 2. The zero-order chi connectivity index (χ0) is 15.1. The van der Waals surface area contributed by atoms with Crippen molar-refractivity contribution in [1.29, 1.82) is 0 Å². The molecular formula is C15H25N3O2. The molecule has 1 aromatic rings. The molecule has 0 aliphatic heterocycles. The van der Waals surface area contributed by atoms with Gasteiger partial charge in [-0.1, -0.05) is 12.1 Å². The predicted octanol–water partition coefficient (Wildman–Crippen LogP) is 2.60. The van der Waals surface area contributed by atoms with Crippen LogP contribution in [-0.4, -0.2) is 37.2 Å². The first-order valence-electron chi connectivity index (χ1n) is 6.91. The Kier molecular flexibility index (Phi) is 6.48. The molecule has 0 radical (unpaired) electrons. The minimum Gasteiger partial charge on any atom is -0.383 e. The van der Waals surface area contributed by atoms with Crippen LogP contribution in [-0.2, 0) is 4.74 Å². The van der Waals surface area contributed by atoms with Crippen molar-refractivity contribution in [3.63, 3.8) is 0 Å². The number of hydrogen-bond acceptors (Lipinski definition) is 3. The molecule has 0 aliphatic rings. The average Bonchev–Trinajstić information content (AvgIpc) is 2.40. The van der Waals surface area contributed by atoms with Crippen molar-refractivity contribution < 1.29 is 9.53 Å². The number of rotatable bonds is 6. The van der Waals surface area contributed by atoms with Crippen LogP contribution in [0.25, 0.3) is 0 Å². The minimum absolute atomic E-state index is 0.00591. The summed E-state index contributed by atoms with van der Waals surface area (Å²) in [6.45, 7) is 6.99. The van der Waals surface area contributed by atoms with Gasteiger partial charge in [-0.3, -0.25) is 0 Å². The van der Waals surface area contributed by atoms with Crippen molar-refractivity contribution in [2.75, 3.05) is 25.6 Å². The Morgan fingerprint density at radius 2 is 1.95 bits per heavy atom. The van der Waals surface area contributed by atoms with Crippen molar-refractivity contribution >= 4 is 11.7 Å². The first-order valence-corrected chi connectivity index (χ1v) is 6.91. The summed E-state index contributed by atoms with van der Waals surface area (Å²) in [7, 11) is 1.63. The molecule has 0 fully saturated rings. The normalized spacial score (nSPS) is 13.7. The Bertz CT molecular complexity index is 418. The molecule has 0 bridgehead atoms. The summed E-state index contributed by atoms with van der Waals surface area (Å²) in [5.74, 6) is 0. The standard InChI is InChI=1S/C15H25N3O2/c1-5-18(11(2)10-20-4)15(19)17-14-8-6-13(7-9-14)12(3)16/h6-9,11-12H,5,10,16H2,1-4H3,(H,17,19). The lowest BCUT2D eigenvalue weighted by atomic mass is 10.1. The van der Waals surface area contributed by atoms with Crippen molar-refractivity contribution in [2.45, 2.75) is 32.9 Å². The van der Waals surface area contributed by atoms with Crippen LogP contribution in [0.2, 0.25) is 0 Å². The molecule has 0 saturated carbocycles. The molecule has 5 nitrogen and oxygen atoms in total. The summed E-state index contributed by atoms with van der Waals surface area (Å²) in [6.07, 6.45) is 0. The van der Waals surface area contributed by atoms with Crippen LogP contribution in [0.3, 0.4) is 0 Å². The van der Waals surface area contributed by atoms with Crippen LogP contribution in [0.15, 0.2) is 24.3 Å². The van der Waals surface area contributed by atoms with Gasteiger partial charge >= 0.3 is 6.03 Å². The Hall–Kier alpha value is -1.59. The topological polar surface area (TPSA) is 67.6 Å². The maximum absolute atomic E-state index is 12.2. The summed E-state index contributed by atoms with van der Waals surface area (Å²) in [6, 6.07) is 7.49. The van der Waals surface area contributed by atoms with Crippen LogP contribution in [0.4, 0.5) is 10.5 Å². The van der Waals surface area contributed by atoms with Gasteiger partial charge in [-0.25, -0.2) is 4.79 Å². The lowest BCUT2D eigenvalue weighted by molar-refractivity contribution is 0.119. The van der Waals surface area contributed by atoms with Crippen molar-refractivity contribution in [3.05, 3.63) is 29.8 Å². The summed E-state index contributed by atoms with van der Waals surface area (Å²) >= 11 is 0. The van der Waals surface area contributed by atoms with Gasteiger partial charge in [0.15, 0.2) is 0 Å². The van der Waals surface area contributed by atoms with Crippen LogP contribution < -0.4 is 11.1 Å². The fourth-order valence-electron chi connectivity index (χ4n) is 2.05. The first-order chi connectivity index (χ1) is 9.49. The van der Waals surface area contributed by atoms with E-state index in [2.05, 4.69) is 5.32 Å². The molecule has 3 N–H and O–H groups in total. The lowest BCUT2D eigenvalue weighted by Gasteiger charge is -2.27. The zero-order valence-electron chi connectivity index (χ0n) is 12.7. The molecule has 1 rings (SSSR count). The van der Waals surface area contributed by atoms with Crippen LogP contribution >= 0.6 is 0 Å². The molecule has 0 heterocycles. The summed E-state index contributed by atoms with van der Waals surface area (Å²) in [5.41, 5.74) is 7.61. The predicted molar refractivity (Wildman–Crippen MR) is 81.8 cm³/mol. The van der Waals surface area contributed by atoms with E-state index in [-0.39, 0.29) is 18.1 Å². The second kappa shape index (κ2) is 7.87. The number of amides is 2. The van der Waals surface area contributed by atoms with Gasteiger partial charge in [0, 0.05) is 25.4 Å². The SMILES string of the molecule is CCN(C(=O)Nc1ccc(C(C)N)cc1)C(C)COC. The molecule has 2 amide bonds. The molecular weight excluding hydrogens is 254 g/mol. The third-order valence-corrected chi connectivity index (χ3v) is 3.23. The fourth-order valence-corrected chi connectivity index (χ4v) is 2.05. The van der Waals surface area contributed by atoms with E-state index >= 15 is 0 Å². The van der Waals surface area contributed by atoms with Crippen LogP contribution in [0.1, 0.15) is 32.4 Å². The maximum Gasteiger partial charge on any atom is 0.322 e. The van der Waals surface area contributed by atoms with Gasteiger partial charge in [-0.2, -0.15) is 0 Å². The van der Waals surface area contributed by atoms with E-state index in [0.29, 0.717) is 13.2 Å². The summed E-state index contributed by atoms with van der Waals surface area (Å²) in [4.78, 5) is 14.0. The van der Waals surface area contributed by atoms with E-state index < -0.39 is 0 Å². The Balaban J connectivity index is 2.68. The third kappa shape index (κ3) is 4.51. The highest BCUT2D eigenvalue weighted by Gasteiger charge is 2.18. The van der Waals surface area contributed by atoms with Gasteiger partial charge in [-0.05, 0) is 38.5 Å². The summed E-state index contributed by atoms with van der Waals surface area (Å²) < 4.78 is 5.09. The lowest BCUT2D eigenvalue weighted by Crippen LogP contribution is -2.43. The molecule has 112 valence electrons. The van der Waals surface area contributed by atoms with Crippen molar-refractivity contribution in [3.8, 4) is 0 Å². The summed E-state index contributed by atoms with van der Waals surface area (Å²) in [5, 5.41) is 2.89. The molecule has 20 heavy (non-hydrogen) atoms. The monoisotopic (exact) mass is 279 g/mol. The average molecular weight is 279 g/mol. The first kappa shape index (κ1) is 16.5. The fraction of sp³-hybridized carbons (Fsp3) is 0.533. The van der Waals surface area contributed by atoms with Gasteiger partial charge in [0.25, 0.3) is 0 Å². The van der Waals surface area contributed by atoms with E-state index in [1.165, 1.54) is 0 Å². The van der Waals surface area contributed by atoms with Crippen molar-refractivity contribution in [2.24, 2.45) is 5.73 Å². The Labute approximate surface area is 121 Å². The Morgan fingerprint density at radius 1 is 1.35 bits per heavy atom. The minimum atomic E-state index is -0.120. The maximum atomic E-state index is 12.2. The van der Waals surface area contributed by atoms with Gasteiger partial charge in [0.1, 0.15) is 0 Å². The molecule has 2 unspecified atom stereocenters. The van der Waals surface area contributed by atoms with E-state index in [0.717, 1.165) is 11.3 Å². The van der Waals surface area contributed by atoms with E-state index in [1.807, 2.05) is 45.0 Å². The highest BCUT2D eigenvalue weighted by atomic mass is 16.5. The largest absolute Gasteiger partial charge is 0.383 e. The number of carbonyl (C=O) groups is 1. The number of ether oxygens (including phenoxy) is 1. The number of urea groups is 1. The number of nitrogens with one attached hydrogen (secondary N) is 1. The van der Waals surface area contributed by atoms with Gasteiger partial charge in [0.2, 0.25) is 0 Å². The van der Waals surface area contributed by atoms with Gasteiger partial charge < -0.3 is 20.7 Å².